The van der Waals surface area contributed by atoms with Gasteiger partial charge >= 0.3 is 6.18 Å². The fraction of sp³-hybridized carbons (Fsp3) is 0.172. The molecule has 0 spiro atoms. The minimum atomic E-state index is -4.64. The van der Waals surface area contributed by atoms with Crippen molar-refractivity contribution in [2.75, 3.05) is 16.4 Å². The van der Waals surface area contributed by atoms with Gasteiger partial charge in [-0.15, -0.1) is 0 Å². The largest absolute Gasteiger partial charge is 0.418 e. The highest BCUT2D eigenvalue weighted by Crippen LogP contribution is 2.44. The molecular formula is C29H22ClF3N4O2S. The number of hydrogen-bond donors (Lipinski definition) is 2. The number of halogens is 4. The Morgan fingerprint density at radius 2 is 1.65 bits per heavy atom. The van der Waals surface area contributed by atoms with E-state index in [2.05, 4.69) is 21.7 Å². The lowest BCUT2D eigenvalue weighted by Crippen LogP contribution is -2.36. The third-order valence-corrected chi connectivity index (χ3v) is 7.47. The molecule has 2 N–H and O–H groups in total. The Hall–Kier alpha value is -4.07. The van der Waals surface area contributed by atoms with E-state index in [9.17, 15) is 28.0 Å². The van der Waals surface area contributed by atoms with Gasteiger partial charge in [0.2, 0.25) is 11.8 Å². The Bertz CT molecular complexity index is 1530. The summed E-state index contributed by atoms with van der Waals surface area (Å²) in [5, 5.41) is 15.9. The second-order valence-corrected chi connectivity index (χ2v) is 10.2. The van der Waals surface area contributed by atoms with Crippen molar-refractivity contribution in [3.63, 3.8) is 0 Å². The Morgan fingerprint density at radius 3 is 2.33 bits per heavy atom. The number of hydrogen-bond acceptors (Lipinski definition) is 5. The summed E-state index contributed by atoms with van der Waals surface area (Å²) in [7, 11) is 0. The maximum absolute atomic E-state index is 13.5. The summed E-state index contributed by atoms with van der Waals surface area (Å²) in [6.45, 7) is 1.65. The van der Waals surface area contributed by atoms with Crippen molar-refractivity contribution in [1.82, 2.24) is 0 Å². The molecule has 1 unspecified atom stereocenters. The molecule has 2 atom stereocenters. The lowest BCUT2D eigenvalue weighted by atomic mass is 9.76. The molecule has 6 nitrogen and oxygen atoms in total. The number of amides is 2. The van der Waals surface area contributed by atoms with Crippen LogP contribution in [0.4, 0.5) is 24.5 Å². The molecular weight excluding hydrogens is 561 g/mol. The molecule has 1 aliphatic heterocycles. The topological polar surface area (TPSA) is 94.3 Å². The van der Waals surface area contributed by atoms with Gasteiger partial charge in [0.25, 0.3) is 0 Å². The molecule has 0 saturated carbocycles. The van der Waals surface area contributed by atoms with Crippen LogP contribution >= 0.6 is 23.4 Å². The fourth-order valence-electron chi connectivity index (χ4n) is 4.36. The highest BCUT2D eigenvalue weighted by Gasteiger charge is 2.40. The second kappa shape index (κ2) is 12.4. The molecule has 1 aliphatic rings. The molecule has 0 aliphatic carbocycles. The van der Waals surface area contributed by atoms with Gasteiger partial charge in [-0.1, -0.05) is 71.9 Å². The highest BCUT2D eigenvalue weighted by atomic mass is 35.5. The summed E-state index contributed by atoms with van der Waals surface area (Å²) < 4.78 is 40.0. The third kappa shape index (κ3) is 6.55. The van der Waals surface area contributed by atoms with E-state index in [1.165, 1.54) is 12.1 Å². The van der Waals surface area contributed by atoms with E-state index in [1.54, 1.807) is 55.5 Å². The molecule has 11 heteroatoms. The Kier molecular flexibility index (Phi) is 8.97. The van der Waals surface area contributed by atoms with Crippen molar-refractivity contribution in [3.05, 3.63) is 106 Å². The molecule has 1 heterocycles. The van der Waals surface area contributed by atoms with Crippen LogP contribution in [-0.4, -0.2) is 23.3 Å². The van der Waals surface area contributed by atoms with Crippen LogP contribution in [-0.2, 0) is 15.8 Å². The van der Waals surface area contributed by atoms with Crippen LogP contribution < -0.4 is 10.6 Å². The van der Waals surface area contributed by atoms with Crippen LogP contribution in [0.5, 0.6) is 0 Å². The van der Waals surface area contributed by atoms with Gasteiger partial charge in [0.05, 0.1) is 34.6 Å². The van der Waals surface area contributed by atoms with Crippen molar-refractivity contribution < 1.29 is 22.8 Å². The monoisotopic (exact) mass is 582 g/mol. The predicted molar refractivity (Wildman–Crippen MR) is 151 cm³/mol. The molecule has 0 aromatic heterocycles. The zero-order valence-electron chi connectivity index (χ0n) is 21.0. The van der Waals surface area contributed by atoms with Crippen LogP contribution in [0.15, 0.2) is 94.5 Å². The zero-order valence-corrected chi connectivity index (χ0v) is 22.6. The number of nitriles is 1. The van der Waals surface area contributed by atoms with E-state index in [0.29, 0.717) is 22.0 Å². The molecule has 40 heavy (non-hydrogen) atoms. The van der Waals surface area contributed by atoms with Gasteiger partial charge in [0, 0.05) is 22.3 Å². The van der Waals surface area contributed by atoms with Crippen molar-refractivity contribution in [2.24, 2.45) is 10.9 Å². The molecule has 0 saturated heterocycles. The van der Waals surface area contributed by atoms with Crippen LogP contribution in [0.3, 0.4) is 0 Å². The van der Waals surface area contributed by atoms with Crippen molar-refractivity contribution >= 4 is 52.3 Å². The number of rotatable bonds is 7. The summed E-state index contributed by atoms with van der Waals surface area (Å²) in [6.07, 6.45) is -4.64. The second-order valence-electron chi connectivity index (χ2n) is 8.80. The summed E-state index contributed by atoms with van der Waals surface area (Å²) in [5.74, 6) is -3.11. The van der Waals surface area contributed by atoms with Gasteiger partial charge < -0.3 is 10.6 Å². The molecule has 2 amide bonds. The number of aliphatic imine (C=N–C) groups is 1. The van der Waals surface area contributed by atoms with Crippen LogP contribution in [0.2, 0.25) is 5.02 Å². The smallest absolute Gasteiger partial charge is 0.325 e. The quantitative estimate of drug-likeness (QED) is 0.306. The maximum atomic E-state index is 13.5. The standard InChI is InChI=1S/C29H22ClF3N4O2S/c1-17-25(27(39)36-18-9-3-2-4-10-18)26(19-11-5-7-13-22(19)30)20(15-34)28(35-17)40-16-24(38)37-23-14-8-6-12-21(23)29(31,32)33/h2-14,25-26H,16H2,1H3,(H,36,39)(H,37,38)/t25?,26-/m0/s1. The number of carbonyl (C=O) groups excluding carboxylic acids is 2. The number of allylic oxidation sites excluding steroid dienone is 1. The minimum absolute atomic E-state index is 0.125. The van der Waals surface area contributed by atoms with E-state index in [0.717, 1.165) is 23.9 Å². The third-order valence-electron chi connectivity index (χ3n) is 6.13. The maximum Gasteiger partial charge on any atom is 0.418 e. The number of alkyl halides is 3. The van der Waals surface area contributed by atoms with Crippen molar-refractivity contribution in [1.29, 1.82) is 5.26 Å². The average molecular weight is 583 g/mol. The molecule has 0 bridgehead atoms. The van der Waals surface area contributed by atoms with Gasteiger partial charge in [0.1, 0.15) is 5.03 Å². The van der Waals surface area contributed by atoms with Crippen molar-refractivity contribution in [2.45, 2.75) is 19.0 Å². The molecule has 4 rings (SSSR count). The van der Waals surface area contributed by atoms with Gasteiger partial charge in [-0.3, -0.25) is 9.59 Å². The molecule has 0 fully saturated rings. The first-order valence-electron chi connectivity index (χ1n) is 12.0. The molecule has 3 aromatic carbocycles. The van der Waals surface area contributed by atoms with Gasteiger partial charge in [-0.2, -0.15) is 18.4 Å². The van der Waals surface area contributed by atoms with E-state index in [-0.39, 0.29) is 22.0 Å². The molecule has 204 valence electrons. The summed E-state index contributed by atoms with van der Waals surface area (Å²) >= 11 is 7.41. The summed E-state index contributed by atoms with van der Waals surface area (Å²) in [5.41, 5.74) is 0.275. The van der Waals surface area contributed by atoms with Gasteiger partial charge in [-0.05, 0) is 42.8 Å². The predicted octanol–water partition coefficient (Wildman–Crippen LogP) is 7.28. The first kappa shape index (κ1) is 28.9. The Labute approximate surface area is 237 Å². The molecule has 0 radical (unpaired) electrons. The van der Waals surface area contributed by atoms with E-state index in [4.69, 9.17) is 11.6 Å². The first-order valence-corrected chi connectivity index (χ1v) is 13.3. The van der Waals surface area contributed by atoms with Crippen LogP contribution in [0.25, 0.3) is 0 Å². The number of para-hydroxylation sites is 2. The van der Waals surface area contributed by atoms with Crippen LogP contribution in [0.1, 0.15) is 24.0 Å². The minimum Gasteiger partial charge on any atom is -0.325 e. The Morgan fingerprint density at radius 1 is 1.00 bits per heavy atom. The number of carbonyl (C=O) groups is 2. The first-order chi connectivity index (χ1) is 19.1. The number of benzene rings is 3. The SMILES string of the molecule is CC1=NC(SCC(=O)Nc2ccccc2C(F)(F)F)=C(C#N)[C@H](c2ccccc2Cl)C1C(=O)Nc1ccccc1. The lowest BCUT2D eigenvalue weighted by molar-refractivity contribution is -0.137. The number of anilines is 2. The fourth-order valence-corrected chi connectivity index (χ4v) is 5.49. The Balaban J connectivity index is 1.63. The van der Waals surface area contributed by atoms with E-state index in [1.807, 2.05) is 6.07 Å². The van der Waals surface area contributed by atoms with Crippen LogP contribution in [0, 0.1) is 17.2 Å². The van der Waals surface area contributed by atoms with E-state index >= 15 is 0 Å². The number of thioether (sulfide) groups is 1. The van der Waals surface area contributed by atoms with E-state index < -0.39 is 35.4 Å². The van der Waals surface area contributed by atoms with Crippen molar-refractivity contribution in [3.8, 4) is 6.07 Å². The summed E-state index contributed by atoms with van der Waals surface area (Å²) in [6, 6.07) is 22.5. The average Bonchev–Trinajstić information content (AvgIpc) is 2.92. The normalized spacial score (nSPS) is 17.1. The summed E-state index contributed by atoms with van der Waals surface area (Å²) in [4.78, 5) is 30.6. The van der Waals surface area contributed by atoms with Gasteiger partial charge in [0.15, 0.2) is 0 Å². The highest BCUT2D eigenvalue weighted by molar-refractivity contribution is 8.03. The molecule has 3 aromatic rings. The van der Waals surface area contributed by atoms with Gasteiger partial charge in [-0.25, -0.2) is 4.99 Å². The number of nitrogens with zero attached hydrogens (tertiary/aromatic N) is 2. The lowest BCUT2D eigenvalue weighted by Gasteiger charge is -2.31. The number of nitrogens with one attached hydrogen (secondary N) is 2. The zero-order chi connectivity index (χ0) is 28.9.